The molecule has 19 heavy (non-hydrogen) atoms. The van der Waals surface area contributed by atoms with E-state index in [0.29, 0.717) is 17.6 Å². The summed E-state index contributed by atoms with van der Waals surface area (Å²) in [6.45, 7) is 14.2. The van der Waals surface area contributed by atoms with Gasteiger partial charge in [0.05, 0.1) is 12.2 Å². The summed E-state index contributed by atoms with van der Waals surface area (Å²) >= 11 is 0. The lowest BCUT2D eigenvalue weighted by molar-refractivity contribution is -0.164. The molecule has 1 aliphatic heterocycles. The van der Waals surface area contributed by atoms with Crippen LogP contribution in [-0.4, -0.2) is 12.2 Å². The van der Waals surface area contributed by atoms with Gasteiger partial charge in [0.25, 0.3) is 0 Å². The minimum absolute atomic E-state index is 0.432. The van der Waals surface area contributed by atoms with E-state index >= 15 is 0 Å². The molecule has 0 N–H and O–H groups in total. The summed E-state index contributed by atoms with van der Waals surface area (Å²) in [5.74, 6) is 3.22. The molecule has 0 aromatic heterocycles. The molecule has 6 atom stereocenters. The monoisotopic (exact) mass is 266 g/mol. The van der Waals surface area contributed by atoms with Crippen LogP contribution in [0.2, 0.25) is 0 Å². The highest BCUT2D eigenvalue weighted by molar-refractivity contribution is 4.92. The Bertz CT molecular complexity index is 291. The Morgan fingerprint density at radius 1 is 1.11 bits per heavy atom. The minimum atomic E-state index is 0.432. The standard InChI is InChI=1S/C18H34O/c1-7-16-15(11-18(4,5)6)10-14-9-8-12(2)13(3)17(14)19-16/h12-17H,7-11H2,1-6H3/t12?,13-,14?,15?,16?,17?/m1/s1. The zero-order chi connectivity index (χ0) is 14.2. The third kappa shape index (κ3) is 3.54. The van der Waals surface area contributed by atoms with E-state index in [-0.39, 0.29) is 0 Å². The van der Waals surface area contributed by atoms with Crippen molar-refractivity contribution in [3.05, 3.63) is 0 Å². The number of rotatable bonds is 2. The number of ether oxygens (including phenoxy) is 1. The van der Waals surface area contributed by atoms with Crippen LogP contribution in [0.15, 0.2) is 0 Å². The average molecular weight is 266 g/mol. The smallest absolute Gasteiger partial charge is 0.0635 e. The molecule has 2 aliphatic rings. The molecule has 1 aliphatic carbocycles. The maximum atomic E-state index is 6.58. The highest BCUT2D eigenvalue weighted by Gasteiger charge is 2.43. The lowest BCUT2D eigenvalue weighted by Crippen LogP contribution is -2.48. The summed E-state index contributed by atoms with van der Waals surface area (Å²) in [6.07, 6.45) is 7.78. The average Bonchev–Trinajstić information content (AvgIpc) is 2.32. The molecule has 0 bridgehead atoms. The van der Waals surface area contributed by atoms with E-state index < -0.39 is 0 Å². The van der Waals surface area contributed by atoms with Crippen molar-refractivity contribution in [2.75, 3.05) is 0 Å². The fourth-order valence-electron chi connectivity index (χ4n) is 4.43. The van der Waals surface area contributed by atoms with Crippen LogP contribution >= 0.6 is 0 Å². The summed E-state index contributed by atoms with van der Waals surface area (Å²) in [6, 6.07) is 0. The van der Waals surface area contributed by atoms with Gasteiger partial charge in [-0.25, -0.2) is 0 Å². The van der Waals surface area contributed by atoms with Crippen molar-refractivity contribution in [1.29, 1.82) is 0 Å². The van der Waals surface area contributed by atoms with Crippen LogP contribution in [0.1, 0.15) is 73.6 Å². The predicted molar refractivity (Wildman–Crippen MR) is 82.2 cm³/mol. The second-order valence-corrected chi connectivity index (χ2v) is 8.48. The number of fused-ring (bicyclic) bond motifs is 1. The van der Waals surface area contributed by atoms with E-state index in [2.05, 4.69) is 41.5 Å². The maximum absolute atomic E-state index is 6.58. The highest BCUT2D eigenvalue weighted by Crippen LogP contribution is 2.46. The first-order valence-corrected chi connectivity index (χ1v) is 8.47. The van der Waals surface area contributed by atoms with Crippen LogP contribution in [0.3, 0.4) is 0 Å². The van der Waals surface area contributed by atoms with E-state index in [0.717, 1.165) is 23.7 Å². The summed E-state index contributed by atoms with van der Waals surface area (Å²) in [4.78, 5) is 0. The Kier molecular flexibility index (Phi) is 4.65. The van der Waals surface area contributed by atoms with Gasteiger partial charge in [0.2, 0.25) is 0 Å². The largest absolute Gasteiger partial charge is 0.374 e. The molecule has 1 heterocycles. The van der Waals surface area contributed by atoms with Gasteiger partial charge < -0.3 is 4.74 Å². The van der Waals surface area contributed by atoms with E-state index in [9.17, 15) is 0 Å². The quantitative estimate of drug-likeness (QED) is 0.660. The van der Waals surface area contributed by atoms with Crippen molar-refractivity contribution in [3.8, 4) is 0 Å². The molecule has 1 saturated carbocycles. The zero-order valence-corrected chi connectivity index (χ0v) is 13.9. The molecule has 5 unspecified atom stereocenters. The van der Waals surface area contributed by atoms with Crippen LogP contribution in [0.25, 0.3) is 0 Å². The first-order chi connectivity index (χ1) is 8.81. The molecular weight excluding hydrogens is 232 g/mol. The summed E-state index contributed by atoms with van der Waals surface area (Å²) in [7, 11) is 0. The van der Waals surface area contributed by atoms with E-state index in [1.165, 1.54) is 32.1 Å². The topological polar surface area (TPSA) is 9.23 Å². The lowest BCUT2D eigenvalue weighted by atomic mass is 9.66. The Morgan fingerprint density at radius 2 is 1.79 bits per heavy atom. The SMILES string of the molecule is CCC1OC2C(CCC(C)[C@H]2C)CC1CC(C)(C)C. The molecule has 1 saturated heterocycles. The van der Waals surface area contributed by atoms with Gasteiger partial charge in [0, 0.05) is 0 Å². The van der Waals surface area contributed by atoms with Crippen LogP contribution in [0, 0.1) is 29.1 Å². The third-order valence-electron chi connectivity index (χ3n) is 5.61. The zero-order valence-electron chi connectivity index (χ0n) is 13.9. The third-order valence-corrected chi connectivity index (χ3v) is 5.61. The Balaban J connectivity index is 2.06. The van der Waals surface area contributed by atoms with E-state index in [4.69, 9.17) is 4.74 Å². The molecule has 2 fully saturated rings. The van der Waals surface area contributed by atoms with Gasteiger partial charge in [0.15, 0.2) is 0 Å². The fourth-order valence-corrected chi connectivity index (χ4v) is 4.43. The molecule has 2 rings (SSSR count). The highest BCUT2D eigenvalue weighted by atomic mass is 16.5. The van der Waals surface area contributed by atoms with Crippen LogP contribution in [0.5, 0.6) is 0 Å². The lowest BCUT2D eigenvalue weighted by Gasteiger charge is -2.49. The van der Waals surface area contributed by atoms with E-state index in [1.807, 2.05) is 0 Å². The predicted octanol–water partition coefficient (Wildman–Crippen LogP) is 5.29. The normalized spacial score (nSPS) is 43.9. The van der Waals surface area contributed by atoms with Crippen molar-refractivity contribution in [2.45, 2.75) is 85.9 Å². The van der Waals surface area contributed by atoms with Crippen molar-refractivity contribution in [3.63, 3.8) is 0 Å². The molecule has 0 amide bonds. The molecule has 1 heteroatoms. The van der Waals surface area contributed by atoms with Gasteiger partial charge >= 0.3 is 0 Å². The molecule has 0 aromatic rings. The van der Waals surface area contributed by atoms with Crippen molar-refractivity contribution < 1.29 is 4.74 Å². The van der Waals surface area contributed by atoms with Crippen LogP contribution in [0.4, 0.5) is 0 Å². The van der Waals surface area contributed by atoms with Gasteiger partial charge in [-0.1, -0.05) is 48.0 Å². The second kappa shape index (κ2) is 5.76. The Labute approximate surface area is 120 Å². The summed E-state index contributed by atoms with van der Waals surface area (Å²) in [5, 5.41) is 0. The first kappa shape index (κ1) is 15.4. The first-order valence-electron chi connectivity index (χ1n) is 8.47. The molecular formula is C18H34O. The van der Waals surface area contributed by atoms with Gasteiger partial charge in [0.1, 0.15) is 0 Å². The molecule has 0 radical (unpaired) electrons. The minimum Gasteiger partial charge on any atom is -0.374 e. The van der Waals surface area contributed by atoms with Gasteiger partial charge in [-0.3, -0.25) is 0 Å². The summed E-state index contributed by atoms with van der Waals surface area (Å²) < 4.78 is 6.58. The van der Waals surface area contributed by atoms with Crippen molar-refractivity contribution >= 4 is 0 Å². The van der Waals surface area contributed by atoms with E-state index in [1.54, 1.807) is 0 Å². The molecule has 112 valence electrons. The Hall–Kier alpha value is -0.0400. The molecule has 0 spiro atoms. The maximum Gasteiger partial charge on any atom is 0.0635 e. The second-order valence-electron chi connectivity index (χ2n) is 8.48. The molecule has 1 nitrogen and oxygen atoms in total. The molecule has 0 aromatic carbocycles. The van der Waals surface area contributed by atoms with Gasteiger partial charge in [-0.05, 0) is 54.8 Å². The van der Waals surface area contributed by atoms with Crippen molar-refractivity contribution in [1.82, 2.24) is 0 Å². The van der Waals surface area contributed by atoms with Crippen LogP contribution < -0.4 is 0 Å². The van der Waals surface area contributed by atoms with Gasteiger partial charge in [-0.2, -0.15) is 0 Å². The fraction of sp³-hybridized carbons (Fsp3) is 1.00. The Morgan fingerprint density at radius 3 is 2.37 bits per heavy atom. The number of hydrogen-bond donors (Lipinski definition) is 0. The van der Waals surface area contributed by atoms with Crippen LogP contribution in [-0.2, 0) is 4.74 Å². The van der Waals surface area contributed by atoms with Crippen molar-refractivity contribution in [2.24, 2.45) is 29.1 Å². The number of hydrogen-bond acceptors (Lipinski definition) is 1. The summed E-state index contributed by atoms with van der Waals surface area (Å²) in [5.41, 5.74) is 0.432. The van der Waals surface area contributed by atoms with Gasteiger partial charge in [-0.15, -0.1) is 0 Å².